The van der Waals surface area contributed by atoms with Gasteiger partial charge in [0.05, 0.1) is 0 Å². The molecule has 0 bridgehead atoms. The molecule has 2 N–H and O–H groups in total. The van der Waals surface area contributed by atoms with E-state index in [4.69, 9.17) is 15.7 Å². The Kier molecular flexibility index (Phi) is 4.81. The first kappa shape index (κ1) is 12.5. The topological polar surface area (TPSA) is 59.0 Å². The van der Waals surface area contributed by atoms with Crippen molar-refractivity contribution in [3.63, 3.8) is 0 Å². The van der Waals surface area contributed by atoms with Gasteiger partial charge in [-0.05, 0) is 18.9 Å². The number of nitrogens with zero attached hydrogens (tertiary/aromatic N) is 1. The highest BCUT2D eigenvalue weighted by Crippen LogP contribution is 2.26. The van der Waals surface area contributed by atoms with E-state index in [2.05, 4.69) is 6.07 Å². The fraction of sp³-hybridized carbons (Fsp3) is 0.462. The Morgan fingerprint density at radius 3 is 2.56 bits per heavy atom. The summed E-state index contributed by atoms with van der Waals surface area (Å²) in [6.07, 6.45) is 1.13. The first-order valence-electron chi connectivity index (χ1n) is 5.63. The van der Waals surface area contributed by atoms with Gasteiger partial charge in [0.25, 0.3) is 0 Å². The van der Waals surface area contributed by atoms with E-state index in [1.807, 2.05) is 38.1 Å². The van der Waals surface area contributed by atoms with E-state index >= 15 is 0 Å². The van der Waals surface area contributed by atoms with Crippen LogP contribution in [0.3, 0.4) is 0 Å². The molecule has 0 aromatic heterocycles. The molecule has 3 heteroatoms. The van der Waals surface area contributed by atoms with Crippen LogP contribution in [0.25, 0.3) is 0 Å². The van der Waals surface area contributed by atoms with Crippen LogP contribution in [0, 0.1) is 11.3 Å². The van der Waals surface area contributed by atoms with Crippen LogP contribution < -0.4 is 10.5 Å². The normalized spacial score (nSPS) is 13.9. The maximum absolute atomic E-state index is 8.87. The molecular formula is C13H18N2O. The molecule has 2 unspecified atom stereocenters. The summed E-state index contributed by atoms with van der Waals surface area (Å²) in [5.74, 6) is 0.727. The number of nitrogens with two attached hydrogens (primary N) is 1. The van der Waals surface area contributed by atoms with Crippen LogP contribution in [0.15, 0.2) is 24.3 Å². The molecule has 0 spiro atoms. The van der Waals surface area contributed by atoms with Crippen LogP contribution in [0.1, 0.15) is 38.3 Å². The Morgan fingerprint density at radius 2 is 2.00 bits per heavy atom. The van der Waals surface area contributed by atoms with Crippen LogP contribution in [-0.2, 0) is 0 Å². The lowest BCUT2D eigenvalue weighted by Gasteiger charge is -2.17. The van der Waals surface area contributed by atoms with Crippen LogP contribution in [0.5, 0.6) is 5.75 Å². The van der Waals surface area contributed by atoms with Crippen molar-refractivity contribution >= 4 is 0 Å². The van der Waals surface area contributed by atoms with Gasteiger partial charge >= 0.3 is 0 Å². The molecule has 1 aromatic carbocycles. The Bertz CT molecular complexity index is 370. The van der Waals surface area contributed by atoms with E-state index < -0.39 is 6.10 Å². The van der Waals surface area contributed by atoms with Gasteiger partial charge in [-0.25, -0.2) is 0 Å². The SMILES string of the molecule is CCC(C#N)Oc1ccccc1C(N)CC. The van der Waals surface area contributed by atoms with Crippen molar-refractivity contribution in [2.45, 2.75) is 38.8 Å². The van der Waals surface area contributed by atoms with E-state index in [9.17, 15) is 0 Å². The van der Waals surface area contributed by atoms with Gasteiger partial charge in [-0.2, -0.15) is 5.26 Å². The summed E-state index contributed by atoms with van der Waals surface area (Å²) in [6.45, 7) is 3.96. The lowest BCUT2D eigenvalue weighted by molar-refractivity contribution is 0.248. The van der Waals surface area contributed by atoms with Gasteiger partial charge in [0.1, 0.15) is 11.8 Å². The predicted octanol–water partition coefficient (Wildman–Crippen LogP) is 2.78. The van der Waals surface area contributed by atoms with Gasteiger partial charge in [0.15, 0.2) is 6.10 Å². The molecule has 0 fully saturated rings. The summed E-state index contributed by atoms with van der Waals surface area (Å²) < 4.78 is 5.63. The van der Waals surface area contributed by atoms with E-state index in [1.165, 1.54) is 0 Å². The zero-order valence-corrected chi connectivity index (χ0v) is 9.81. The van der Waals surface area contributed by atoms with E-state index in [0.29, 0.717) is 6.42 Å². The van der Waals surface area contributed by atoms with Crippen molar-refractivity contribution in [3.05, 3.63) is 29.8 Å². The number of hydrogen-bond donors (Lipinski definition) is 1. The second-order valence-corrected chi connectivity index (χ2v) is 3.70. The Labute approximate surface area is 96.8 Å². The van der Waals surface area contributed by atoms with Gasteiger partial charge in [-0.1, -0.05) is 32.0 Å². The third-order valence-electron chi connectivity index (χ3n) is 2.54. The molecule has 0 saturated carbocycles. The standard InChI is InChI=1S/C13H18N2O/c1-3-10(9-14)16-13-8-6-5-7-11(13)12(15)4-2/h5-8,10,12H,3-4,15H2,1-2H3. The fourth-order valence-corrected chi connectivity index (χ4v) is 1.47. The number of ether oxygens (including phenoxy) is 1. The number of rotatable bonds is 5. The van der Waals surface area contributed by atoms with Gasteiger partial charge < -0.3 is 10.5 Å². The maximum Gasteiger partial charge on any atom is 0.184 e. The molecule has 0 saturated heterocycles. The minimum Gasteiger partial charge on any atom is -0.475 e. The fourth-order valence-electron chi connectivity index (χ4n) is 1.47. The molecular weight excluding hydrogens is 200 g/mol. The number of nitriles is 1. The molecule has 0 aliphatic carbocycles. The highest BCUT2D eigenvalue weighted by molar-refractivity contribution is 5.36. The van der Waals surface area contributed by atoms with Crippen molar-refractivity contribution in [1.29, 1.82) is 5.26 Å². The van der Waals surface area contributed by atoms with Gasteiger partial charge in [0, 0.05) is 11.6 Å². The number of hydrogen-bond acceptors (Lipinski definition) is 3. The average Bonchev–Trinajstić information content (AvgIpc) is 2.35. The van der Waals surface area contributed by atoms with Crippen LogP contribution in [-0.4, -0.2) is 6.10 Å². The molecule has 16 heavy (non-hydrogen) atoms. The third kappa shape index (κ3) is 2.98. The van der Waals surface area contributed by atoms with E-state index in [-0.39, 0.29) is 6.04 Å². The van der Waals surface area contributed by atoms with Gasteiger partial charge in [-0.15, -0.1) is 0 Å². The summed E-state index contributed by atoms with van der Waals surface area (Å²) in [4.78, 5) is 0. The lowest BCUT2D eigenvalue weighted by Crippen LogP contribution is -2.16. The van der Waals surface area contributed by atoms with Crippen molar-refractivity contribution in [2.75, 3.05) is 0 Å². The first-order valence-corrected chi connectivity index (χ1v) is 5.63. The van der Waals surface area contributed by atoms with E-state index in [1.54, 1.807) is 0 Å². The van der Waals surface area contributed by atoms with Crippen molar-refractivity contribution in [3.8, 4) is 11.8 Å². The molecule has 0 heterocycles. The quantitative estimate of drug-likeness (QED) is 0.826. The molecule has 1 aromatic rings. The van der Waals surface area contributed by atoms with E-state index in [0.717, 1.165) is 17.7 Å². The highest BCUT2D eigenvalue weighted by Gasteiger charge is 2.13. The predicted molar refractivity (Wildman–Crippen MR) is 64.0 cm³/mol. The van der Waals surface area contributed by atoms with Crippen LogP contribution >= 0.6 is 0 Å². The van der Waals surface area contributed by atoms with Crippen molar-refractivity contribution in [2.24, 2.45) is 5.73 Å². The summed E-state index contributed by atoms with van der Waals surface area (Å²) in [6, 6.07) is 9.73. The molecule has 0 amide bonds. The lowest BCUT2D eigenvalue weighted by atomic mass is 10.0. The number of benzene rings is 1. The second kappa shape index (κ2) is 6.14. The van der Waals surface area contributed by atoms with Gasteiger partial charge in [0.2, 0.25) is 0 Å². The third-order valence-corrected chi connectivity index (χ3v) is 2.54. The smallest absolute Gasteiger partial charge is 0.184 e. The Morgan fingerprint density at radius 1 is 1.31 bits per heavy atom. The second-order valence-electron chi connectivity index (χ2n) is 3.70. The monoisotopic (exact) mass is 218 g/mol. The van der Waals surface area contributed by atoms with Crippen molar-refractivity contribution in [1.82, 2.24) is 0 Å². The minimum absolute atomic E-state index is 0.0348. The molecule has 3 nitrogen and oxygen atoms in total. The molecule has 1 rings (SSSR count). The summed E-state index contributed by atoms with van der Waals surface area (Å²) in [7, 11) is 0. The largest absolute Gasteiger partial charge is 0.475 e. The number of para-hydroxylation sites is 1. The summed E-state index contributed by atoms with van der Waals surface area (Å²) in [5.41, 5.74) is 6.96. The molecule has 0 radical (unpaired) electrons. The summed E-state index contributed by atoms with van der Waals surface area (Å²) >= 11 is 0. The average molecular weight is 218 g/mol. The molecule has 0 aliphatic heterocycles. The minimum atomic E-state index is -0.398. The maximum atomic E-state index is 8.87. The van der Waals surface area contributed by atoms with Gasteiger partial charge in [-0.3, -0.25) is 0 Å². The highest BCUT2D eigenvalue weighted by atomic mass is 16.5. The molecule has 0 aliphatic rings. The zero-order valence-electron chi connectivity index (χ0n) is 9.81. The molecule has 2 atom stereocenters. The van der Waals surface area contributed by atoms with Crippen molar-refractivity contribution < 1.29 is 4.74 Å². The molecule has 86 valence electrons. The van der Waals surface area contributed by atoms with Crippen LogP contribution in [0.2, 0.25) is 0 Å². The first-order chi connectivity index (χ1) is 7.72. The Hall–Kier alpha value is -1.53. The van der Waals surface area contributed by atoms with Crippen LogP contribution in [0.4, 0.5) is 0 Å². The Balaban J connectivity index is 2.91. The zero-order chi connectivity index (χ0) is 12.0. The summed E-state index contributed by atoms with van der Waals surface area (Å²) in [5, 5.41) is 8.87.